The average molecular weight is 440 g/mol. The largest absolute Gasteiger partial charge is 0.454 e. The highest BCUT2D eigenvalue weighted by atomic mass is 16.5. The molecule has 8 heteroatoms. The standard InChI is InChI=1S/C25H20N4O4/c1-14-7-8-16(22-27-25(32)29-28-22)12-20(14)26-23(30)17-9-10-19-18(11-17)13-21(33-24(19)31)15-5-3-2-4-6-15/h2-12,21H,13H2,1H3,(H,26,30)(H2,27,28,29,32). The van der Waals surface area contributed by atoms with Crippen LogP contribution in [0.3, 0.4) is 0 Å². The number of hydrogen-bond donors (Lipinski definition) is 3. The molecule has 8 nitrogen and oxygen atoms in total. The van der Waals surface area contributed by atoms with E-state index in [4.69, 9.17) is 4.74 Å². The van der Waals surface area contributed by atoms with Crippen molar-refractivity contribution < 1.29 is 14.3 Å². The number of esters is 1. The van der Waals surface area contributed by atoms with Crippen LogP contribution in [0.25, 0.3) is 11.4 Å². The Balaban J connectivity index is 1.40. The zero-order valence-electron chi connectivity index (χ0n) is 17.7. The number of rotatable bonds is 4. The quantitative estimate of drug-likeness (QED) is 0.418. The van der Waals surface area contributed by atoms with Gasteiger partial charge in [-0.15, -0.1) is 0 Å². The number of aromatic amines is 2. The molecule has 5 rings (SSSR count). The predicted octanol–water partition coefficient (Wildman–Crippen LogP) is 3.78. The van der Waals surface area contributed by atoms with Gasteiger partial charge < -0.3 is 10.1 Å². The summed E-state index contributed by atoms with van der Waals surface area (Å²) in [5.74, 6) is -0.313. The maximum Gasteiger partial charge on any atom is 0.340 e. The maximum absolute atomic E-state index is 13.0. The van der Waals surface area contributed by atoms with Crippen molar-refractivity contribution in [2.45, 2.75) is 19.4 Å². The Kier molecular flexibility index (Phi) is 5.10. The molecule has 33 heavy (non-hydrogen) atoms. The van der Waals surface area contributed by atoms with Gasteiger partial charge in [0.15, 0.2) is 5.82 Å². The lowest BCUT2D eigenvalue weighted by molar-refractivity contribution is 0.0252. The summed E-state index contributed by atoms with van der Waals surface area (Å²) in [6, 6.07) is 19.9. The van der Waals surface area contributed by atoms with Crippen molar-refractivity contribution in [2.24, 2.45) is 0 Å². The number of nitrogens with zero attached hydrogens (tertiary/aromatic N) is 1. The fourth-order valence-corrected chi connectivity index (χ4v) is 3.90. The van der Waals surface area contributed by atoms with Crippen molar-refractivity contribution in [1.82, 2.24) is 15.2 Å². The normalized spacial score (nSPS) is 14.9. The Bertz CT molecular complexity index is 1420. The monoisotopic (exact) mass is 440 g/mol. The maximum atomic E-state index is 13.0. The van der Waals surface area contributed by atoms with Gasteiger partial charge >= 0.3 is 11.7 Å². The SMILES string of the molecule is Cc1ccc(-c2n[nH]c(=O)[nH]2)cc1NC(=O)c1ccc2c(c1)CC(c1ccccc1)OC2=O. The minimum absolute atomic E-state index is 0.302. The molecule has 0 saturated carbocycles. The number of amides is 1. The molecule has 1 aliphatic heterocycles. The number of fused-ring (bicyclic) bond motifs is 1. The lowest BCUT2D eigenvalue weighted by Gasteiger charge is -2.25. The first-order valence-corrected chi connectivity index (χ1v) is 10.4. The minimum Gasteiger partial charge on any atom is -0.454 e. The molecule has 0 saturated heterocycles. The fraction of sp³-hybridized carbons (Fsp3) is 0.120. The summed E-state index contributed by atoms with van der Waals surface area (Å²) in [5.41, 5.74) is 4.30. The third-order valence-electron chi connectivity index (χ3n) is 5.67. The van der Waals surface area contributed by atoms with E-state index in [2.05, 4.69) is 20.5 Å². The lowest BCUT2D eigenvalue weighted by atomic mass is 9.93. The van der Waals surface area contributed by atoms with Gasteiger partial charge in [0.2, 0.25) is 0 Å². The van der Waals surface area contributed by atoms with Crippen molar-refractivity contribution in [3.05, 3.63) is 105 Å². The van der Waals surface area contributed by atoms with E-state index in [1.807, 2.05) is 49.4 Å². The zero-order chi connectivity index (χ0) is 22.9. The molecule has 3 aromatic carbocycles. The van der Waals surface area contributed by atoms with Crippen LogP contribution in [0, 0.1) is 6.92 Å². The molecule has 1 amide bonds. The Morgan fingerprint density at radius 3 is 2.64 bits per heavy atom. The van der Waals surface area contributed by atoms with Crippen molar-refractivity contribution in [1.29, 1.82) is 0 Å². The van der Waals surface area contributed by atoms with Gasteiger partial charge in [-0.1, -0.05) is 42.5 Å². The van der Waals surface area contributed by atoms with Gasteiger partial charge in [-0.25, -0.2) is 14.7 Å². The van der Waals surface area contributed by atoms with Crippen LogP contribution in [-0.4, -0.2) is 27.1 Å². The van der Waals surface area contributed by atoms with Crippen molar-refractivity contribution in [2.75, 3.05) is 5.32 Å². The van der Waals surface area contributed by atoms with Gasteiger partial charge in [0, 0.05) is 23.2 Å². The van der Waals surface area contributed by atoms with Gasteiger partial charge in [0.25, 0.3) is 5.91 Å². The molecule has 2 heterocycles. The van der Waals surface area contributed by atoms with Crippen LogP contribution in [0.15, 0.2) is 71.5 Å². The topological polar surface area (TPSA) is 117 Å². The van der Waals surface area contributed by atoms with Crippen LogP contribution >= 0.6 is 0 Å². The number of H-pyrrole nitrogens is 2. The summed E-state index contributed by atoms with van der Waals surface area (Å²) >= 11 is 0. The summed E-state index contributed by atoms with van der Waals surface area (Å²) < 4.78 is 5.59. The minimum atomic E-state index is -0.405. The van der Waals surface area contributed by atoms with E-state index in [0.717, 1.165) is 16.7 Å². The molecule has 0 fully saturated rings. The van der Waals surface area contributed by atoms with E-state index in [0.29, 0.717) is 34.6 Å². The second-order valence-corrected chi connectivity index (χ2v) is 7.89. The van der Waals surface area contributed by atoms with Crippen LogP contribution in [0.1, 0.15) is 43.5 Å². The van der Waals surface area contributed by atoms with E-state index in [1.54, 1.807) is 24.3 Å². The third-order valence-corrected chi connectivity index (χ3v) is 5.67. The Morgan fingerprint density at radius 2 is 1.88 bits per heavy atom. The molecule has 4 aromatic rings. The highest BCUT2D eigenvalue weighted by Gasteiger charge is 2.28. The first-order valence-electron chi connectivity index (χ1n) is 10.4. The fourth-order valence-electron chi connectivity index (χ4n) is 3.90. The number of carbonyl (C=O) groups is 2. The Hall–Kier alpha value is -4.46. The molecule has 0 spiro atoms. The van der Waals surface area contributed by atoms with Gasteiger partial charge in [-0.2, -0.15) is 5.10 Å². The van der Waals surface area contributed by atoms with E-state index < -0.39 is 11.7 Å². The number of aryl methyl sites for hydroxylation is 1. The first kappa shape index (κ1) is 20.4. The molecule has 1 unspecified atom stereocenters. The van der Waals surface area contributed by atoms with E-state index in [1.165, 1.54) is 0 Å². The van der Waals surface area contributed by atoms with E-state index in [9.17, 15) is 14.4 Å². The molecule has 164 valence electrons. The second kappa shape index (κ2) is 8.23. The molecule has 1 aliphatic rings. The number of cyclic esters (lactones) is 1. The van der Waals surface area contributed by atoms with Gasteiger partial charge in [0.05, 0.1) is 5.56 Å². The second-order valence-electron chi connectivity index (χ2n) is 7.89. The van der Waals surface area contributed by atoms with E-state index >= 15 is 0 Å². The number of aromatic nitrogens is 3. The molecular formula is C25H20N4O4. The number of nitrogens with one attached hydrogen (secondary N) is 3. The van der Waals surface area contributed by atoms with Crippen molar-refractivity contribution >= 4 is 17.6 Å². The zero-order valence-corrected chi connectivity index (χ0v) is 17.7. The average Bonchev–Trinajstić information content (AvgIpc) is 3.27. The lowest BCUT2D eigenvalue weighted by Crippen LogP contribution is -2.23. The molecule has 1 atom stereocenters. The van der Waals surface area contributed by atoms with Crippen molar-refractivity contribution in [3.63, 3.8) is 0 Å². The summed E-state index contributed by atoms with van der Waals surface area (Å²) in [6.45, 7) is 1.88. The van der Waals surface area contributed by atoms with Gasteiger partial charge in [-0.05, 0) is 47.9 Å². The summed E-state index contributed by atoms with van der Waals surface area (Å²) in [5, 5.41) is 9.18. The van der Waals surface area contributed by atoms with Crippen LogP contribution in [0.2, 0.25) is 0 Å². The first-order chi connectivity index (χ1) is 16.0. The van der Waals surface area contributed by atoms with Crippen LogP contribution in [-0.2, 0) is 11.2 Å². The third kappa shape index (κ3) is 4.06. The number of anilines is 1. The summed E-state index contributed by atoms with van der Waals surface area (Å²) in [7, 11) is 0. The van der Waals surface area contributed by atoms with Crippen LogP contribution < -0.4 is 11.0 Å². The molecule has 1 aromatic heterocycles. The van der Waals surface area contributed by atoms with Gasteiger partial charge in [-0.3, -0.25) is 9.78 Å². The summed E-state index contributed by atoms with van der Waals surface area (Å²) in [6.07, 6.45) is 0.104. The van der Waals surface area contributed by atoms with Crippen molar-refractivity contribution in [3.8, 4) is 11.4 Å². The number of benzene rings is 3. The molecular weight excluding hydrogens is 420 g/mol. The number of ether oxygens (including phenoxy) is 1. The number of carbonyl (C=O) groups excluding carboxylic acids is 2. The number of hydrogen-bond acceptors (Lipinski definition) is 5. The smallest absolute Gasteiger partial charge is 0.340 e. The molecule has 0 aliphatic carbocycles. The van der Waals surface area contributed by atoms with Crippen LogP contribution in [0.5, 0.6) is 0 Å². The van der Waals surface area contributed by atoms with Crippen LogP contribution in [0.4, 0.5) is 5.69 Å². The predicted molar refractivity (Wildman–Crippen MR) is 122 cm³/mol. The highest BCUT2D eigenvalue weighted by molar-refractivity contribution is 6.06. The van der Waals surface area contributed by atoms with Gasteiger partial charge in [0.1, 0.15) is 6.10 Å². The van der Waals surface area contributed by atoms with E-state index in [-0.39, 0.29) is 12.0 Å². The molecule has 3 N–H and O–H groups in total. The highest BCUT2D eigenvalue weighted by Crippen LogP contribution is 2.31. The summed E-state index contributed by atoms with van der Waals surface area (Å²) in [4.78, 5) is 39.5. The Morgan fingerprint density at radius 1 is 1.06 bits per heavy atom. The Labute approximate surface area is 188 Å². The molecule has 0 bridgehead atoms. The molecule has 0 radical (unpaired) electrons.